The van der Waals surface area contributed by atoms with Crippen molar-refractivity contribution < 1.29 is 19.0 Å². The third-order valence-electron chi connectivity index (χ3n) is 3.67. The quantitative estimate of drug-likeness (QED) is 0.735. The number of amides is 1. The van der Waals surface area contributed by atoms with E-state index < -0.39 is 0 Å². The Kier molecular flexibility index (Phi) is 6.94. The van der Waals surface area contributed by atoms with Gasteiger partial charge in [0.15, 0.2) is 11.5 Å². The van der Waals surface area contributed by atoms with Gasteiger partial charge in [0.1, 0.15) is 0 Å². The molecular formula is C18H24ClNO4. The molecule has 0 aliphatic carbocycles. The first-order chi connectivity index (χ1) is 11.5. The van der Waals surface area contributed by atoms with Gasteiger partial charge in [-0.15, -0.1) is 0 Å². The molecule has 0 saturated carbocycles. The molecule has 132 valence electrons. The number of rotatable bonds is 6. The average Bonchev–Trinajstić information content (AvgIpc) is 2.58. The second kappa shape index (κ2) is 8.94. The van der Waals surface area contributed by atoms with Crippen molar-refractivity contribution in [1.82, 2.24) is 4.90 Å². The summed E-state index contributed by atoms with van der Waals surface area (Å²) in [6.07, 6.45) is 4.24. The molecule has 1 heterocycles. The minimum atomic E-state index is -0.0356. The second-order valence-corrected chi connectivity index (χ2v) is 6.09. The summed E-state index contributed by atoms with van der Waals surface area (Å²) in [6.45, 7) is 6.35. The number of ether oxygens (including phenoxy) is 3. The molecule has 5 nitrogen and oxygen atoms in total. The molecule has 1 aromatic rings. The SMILES string of the molecule is CCCOc1c(Cl)cc(/C=C/C(=O)N2CCOC(C)C2)cc1OC. The van der Waals surface area contributed by atoms with Crippen LogP contribution >= 0.6 is 11.6 Å². The number of nitrogens with zero attached hydrogens (tertiary/aromatic N) is 1. The molecule has 1 fully saturated rings. The number of hydrogen-bond donors (Lipinski definition) is 0. The molecule has 1 amide bonds. The lowest BCUT2D eigenvalue weighted by atomic mass is 10.1. The Morgan fingerprint density at radius 3 is 2.96 bits per heavy atom. The van der Waals surface area contributed by atoms with E-state index in [1.165, 1.54) is 0 Å². The zero-order valence-corrected chi connectivity index (χ0v) is 15.1. The summed E-state index contributed by atoms with van der Waals surface area (Å²) < 4.78 is 16.4. The minimum absolute atomic E-state index is 0.0356. The number of methoxy groups -OCH3 is 1. The van der Waals surface area contributed by atoms with Crippen LogP contribution in [0.1, 0.15) is 25.8 Å². The highest BCUT2D eigenvalue weighted by molar-refractivity contribution is 6.32. The maximum atomic E-state index is 12.3. The highest BCUT2D eigenvalue weighted by Crippen LogP contribution is 2.36. The van der Waals surface area contributed by atoms with Gasteiger partial charge in [-0.2, -0.15) is 0 Å². The summed E-state index contributed by atoms with van der Waals surface area (Å²) in [7, 11) is 1.57. The van der Waals surface area contributed by atoms with Crippen molar-refractivity contribution >= 4 is 23.6 Å². The Bertz CT molecular complexity index is 603. The molecule has 0 spiro atoms. The van der Waals surface area contributed by atoms with Crippen molar-refractivity contribution in [3.8, 4) is 11.5 Å². The van der Waals surface area contributed by atoms with Crippen LogP contribution in [0.25, 0.3) is 6.08 Å². The molecule has 0 radical (unpaired) electrons. The maximum Gasteiger partial charge on any atom is 0.246 e. The van der Waals surface area contributed by atoms with Crippen molar-refractivity contribution in [2.75, 3.05) is 33.4 Å². The van der Waals surface area contributed by atoms with Crippen LogP contribution in [0.5, 0.6) is 11.5 Å². The van der Waals surface area contributed by atoms with Gasteiger partial charge in [-0.3, -0.25) is 4.79 Å². The Labute approximate surface area is 148 Å². The minimum Gasteiger partial charge on any atom is -0.493 e. The number of carbonyl (C=O) groups excluding carboxylic acids is 1. The monoisotopic (exact) mass is 353 g/mol. The van der Waals surface area contributed by atoms with Crippen molar-refractivity contribution in [3.05, 3.63) is 28.8 Å². The van der Waals surface area contributed by atoms with Crippen molar-refractivity contribution in [1.29, 1.82) is 0 Å². The molecule has 2 rings (SSSR count). The van der Waals surface area contributed by atoms with Crippen molar-refractivity contribution in [3.63, 3.8) is 0 Å². The van der Waals surface area contributed by atoms with Gasteiger partial charge in [-0.25, -0.2) is 0 Å². The van der Waals surface area contributed by atoms with Crippen LogP contribution in [-0.4, -0.2) is 50.3 Å². The summed E-state index contributed by atoms with van der Waals surface area (Å²) in [4.78, 5) is 14.0. The summed E-state index contributed by atoms with van der Waals surface area (Å²) in [5.41, 5.74) is 0.787. The standard InChI is InChI=1S/C18H24ClNO4/c1-4-8-24-18-15(19)10-14(11-16(18)22-3)5-6-17(21)20-7-9-23-13(2)12-20/h5-6,10-11,13H,4,7-9,12H2,1-3H3/b6-5+. The van der Waals surface area contributed by atoms with Gasteiger partial charge in [0.2, 0.25) is 5.91 Å². The molecule has 0 bridgehead atoms. The van der Waals surface area contributed by atoms with Gasteiger partial charge in [0.25, 0.3) is 0 Å². The third kappa shape index (κ3) is 4.89. The van der Waals surface area contributed by atoms with E-state index in [-0.39, 0.29) is 12.0 Å². The van der Waals surface area contributed by atoms with E-state index in [4.69, 9.17) is 25.8 Å². The summed E-state index contributed by atoms with van der Waals surface area (Å²) in [6, 6.07) is 3.57. The number of carbonyl (C=O) groups is 1. The zero-order valence-electron chi connectivity index (χ0n) is 14.4. The van der Waals surface area contributed by atoms with Crippen LogP contribution in [0.2, 0.25) is 5.02 Å². The van der Waals surface area contributed by atoms with E-state index in [1.54, 1.807) is 30.2 Å². The zero-order chi connectivity index (χ0) is 17.5. The molecule has 1 aromatic carbocycles. The predicted octanol–water partition coefficient (Wildman–Crippen LogP) is 3.40. The highest BCUT2D eigenvalue weighted by Gasteiger charge is 2.19. The van der Waals surface area contributed by atoms with E-state index in [1.807, 2.05) is 19.9 Å². The van der Waals surface area contributed by atoms with Crippen molar-refractivity contribution in [2.24, 2.45) is 0 Å². The van der Waals surface area contributed by atoms with Crippen LogP contribution in [0.3, 0.4) is 0 Å². The van der Waals surface area contributed by atoms with Crippen LogP contribution < -0.4 is 9.47 Å². The molecule has 1 unspecified atom stereocenters. The molecule has 1 aliphatic rings. The number of morpholine rings is 1. The van der Waals surface area contributed by atoms with E-state index in [2.05, 4.69) is 0 Å². The summed E-state index contributed by atoms with van der Waals surface area (Å²) >= 11 is 6.28. The summed E-state index contributed by atoms with van der Waals surface area (Å²) in [5.74, 6) is 1.06. The summed E-state index contributed by atoms with van der Waals surface area (Å²) in [5, 5.41) is 0.467. The Hall–Kier alpha value is -1.72. The molecule has 0 N–H and O–H groups in total. The van der Waals surface area contributed by atoms with E-state index in [0.717, 1.165) is 12.0 Å². The van der Waals surface area contributed by atoms with Gasteiger partial charge in [-0.05, 0) is 37.1 Å². The number of halogens is 1. The first-order valence-electron chi connectivity index (χ1n) is 8.14. The Morgan fingerprint density at radius 1 is 1.50 bits per heavy atom. The fraction of sp³-hybridized carbons (Fsp3) is 0.500. The molecule has 24 heavy (non-hydrogen) atoms. The molecule has 1 aliphatic heterocycles. The normalized spacial score (nSPS) is 18.0. The van der Waals surface area contributed by atoms with Gasteiger partial charge in [0.05, 0.1) is 31.5 Å². The van der Waals surface area contributed by atoms with Gasteiger partial charge in [-0.1, -0.05) is 18.5 Å². The van der Waals surface area contributed by atoms with Gasteiger partial charge >= 0.3 is 0 Å². The first kappa shape index (κ1) is 18.6. The second-order valence-electron chi connectivity index (χ2n) is 5.68. The number of benzene rings is 1. The van der Waals surface area contributed by atoms with Crippen LogP contribution in [0, 0.1) is 0 Å². The Morgan fingerprint density at radius 2 is 2.29 bits per heavy atom. The molecular weight excluding hydrogens is 330 g/mol. The lowest BCUT2D eigenvalue weighted by molar-refractivity contribution is -0.132. The van der Waals surface area contributed by atoms with Crippen molar-refractivity contribution in [2.45, 2.75) is 26.4 Å². The third-order valence-corrected chi connectivity index (χ3v) is 3.95. The fourth-order valence-electron chi connectivity index (χ4n) is 2.47. The van der Waals surface area contributed by atoms with Gasteiger partial charge < -0.3 is 19.1 Å². The predicted molar refractivity (Wildman–Crippen MR) is 94.8 cm³/mol. The highest BCUT2D eigenvalue weighted by atomic mass is 35.5. The van der Waals surface area contributed by atoms with E-state index in [0.29, 0.717) is 42.8 Å². The van der Waals surface area contributed by atoms with Crippen LogP contribution in [0.4, 0.5) is 0 Å². The molecule has 6 heteroatoms. The molecule has 1 atom stereocenters. The van der Waals surface area contributed by atoms with E-state index >= 15 is 0 Å². The number of hydrogen-bond acceptors (Lipinski definition) is 4. The van der Waals surface area contributed by atoms with Gasteiger partial charge in [0, 0.05) is 19.2 Å². The molecule has 1 saturated heterocycles. The Balaban J connectivity index is 2.11. The van der Waals surface area contributed by atoms with Crippen LogP contribution in [0.15, 0.2) is 18.2 Å². The maximum absolute atomic E-state index is 12.3. The van der Waals surface area contributed by atoms with Crippen LogP contribution in [-0.2, 0) is 9.53 Å². The first-order valence-corrected chi connectivity index (χ1v) is 8.51. The lowest BCUT2D eigenvalue weighted by Gasteiger charge is -2.30. The fourth-order valence-corrected chi connectivity index (χ4v) is 2.75. The molecule has 0 aromatic heterocycles. The smallest absolute Gasteiger partial charge is 0.246 e. The van der Waals surface area contributed by atoms with E-state index in [9.17, 15) is 4.79 Å². The largest absolute Gasteiger partial charge is 0.493 e. The average molecular weight is 354 g/mol. The topological polar surface area (TPSA) is 48.0 Å². The lowest BCUT2D eigenvalue weighted by Crippen LogP contribution is -2.43.